The molecule has 8 heteroatoms. The van der Waals surface area contributed by atoms with Crippen LogP contribution in [0.5, 0.6) is 0 Å². The number of likely N-dealkylation sites (tertiary alicyclic amines) is 1. The summed E-state index contributed by atoms with van der Waals surface area (Å²) in [5.74, 6) is 0.230. The molecule has 0 unspecified atom stereocenters. The maximum absolute atomic E-state index is 12.5. The number of rotatable bonds is 6. The number of hydrogen-bond acceptors (Lipinski definition) is 6. The molecule has 164 valence electrons. The fraction of sp³-hybridized carbons (Fsp3) is 0.409. The van der Waals surface area contributed by atoms with Gasteiger partial charge in [0, 0.05) is 48.2 Å². The zero-order valence-electron chi connectivity index (χ0n) is 17.1. The van der Waals surface area contributed by atoms with Crippen molar-refractivity contribution < 1.29 is 22.3 Å². The lowest BCUT2D eigenvalue weighted by Crippen LogP contribution is -2.47. The van der Waals surface area contributed by atoms with E-state index in [2.05, 4.69) is 47.4 Å². The molecule has 0 spiro atoms. The Balaban J connectivity index is 0.000000575. The predicted octanol–water partition coefficient (Wildman–Crippen LogP) is 2.80. The zero-order valence-corrected chi connectivity index (χ0v) is 18.0. The van der Waals surface area contributed by atoms with Crippen molar-refractivity contribution >= 4 is 22.0 Å². The predicted molar refractivity (Wildman–Crippen MR) is 114 cm³/mol. The number of piperidine rings is 1. The molecule has 7 nitrogen and oxygen atoms in total. The molecule has 0 aromatic heterocycles. The van der Waals surface area contributed by atoms with Gasteiger partial charge in [-0.05, 0) is 37.0 Å². The molecule has 1 amide bonds. The molecule has 1 heterocycles. The number of amides is 1. The third-order valence-corrected chi connectivity index (χ3v) is 5.09. The minimum atomic E-state index is -5.17. The topological polar surface area (TPSA) is 104 Å². The van der Waals surface area contributed by atoms with E-state index in [4.69, 9.17) is 17.5 Å². The summed E-state index contributed by atoms with van der Waals surface area (Å²) < 4.78 is 34.1. The van der Waals surface area contributed by atoms with Crippen molar-refractivity contribution in [2.75, 3.05) is 24.5 Å². The Morgan fingerprint density at radius 1 is 1.00 bits per heavy atom. The van der Waals surface area contributed by atoms with Gasteiger partial charge in [0.25, 0.3) is 0 Å². The van der Waals surface area contributed by atoms with Gasteiger partial charge in [-0.2, -0.15) is 0 Å². The van der Waals surface area contributed by atoms with Crippen molar-refractivity contribution in [1.82, 2.24) is 4.90 Å². The molecule has 1 aliphatic rings. The lowest BCUT2D eigenvalue weighted by atomic mass is 10.0. The van der Waals surface area contributed by atoms with Crippen LogP contribution in [0, 0.1) is 0 Å². The van der Waals surface area contributed by atoms with Gasteiger partial charge in [-0.25, -0.2) is 0 Å². The van der Waals surface area contributed by atoms with E-state index in [1.807, 2.05) is 30.0 Å². The zero-order chi connectivity index (χ0) is 22.0. The molecule has 0 saturated carbocycles. The molecule has 0 N–H and O–H groups in total. The Morgan fingerprint density at radius 2 is 1.50 bits per heavy atom. The second-order valence-electron chi connectivity index (χ2n) is 7.17. The summed E-state index contributed by atoms with van der Waals surface area (Å²) in [5.41, 5.74) is 2.44. The summed E-state index contributed by atoms with van der Waals surface area (Å²) in [6.07, 6.45) is 3.76. The fourth-order valence-corrected chi connectivity index (χ4v) is 3.65. The average Bonchev–Trinajstić information content (AvgIpc) is 2.73. The summed E-state index contributed by atoms with van der Waals surface area (Å²) >= 11 is 0. The van der Waals surface area contributed by atoms with Crippen molar-refractivity contribution in [3.8, 4) is 0 Å². The van der Waals surface area contributed by atoms with Crippen molar-refractivity contribution in [1.29, 1.82) is 0 Å². The monoisotopic (exact) mass is 432 g/mol. The Hall–Kier alpha value is -2.26. The SMILES string of the molecule is CCC(=O)N(c1ccccc1)C1CCN(CCc2ccccc2)CC1.O=S(=O)([O-])[O-]. The smallest absolute Gasteiger partial charge is 0.226 e. The van der Waals surface area contributed by atoms with Crippen LogP contribution in [0.15, 0.2) is 60.7 Å². The Morgan fingerprint density at radius 3 is 2.00 bits per heavy atom. The number of carbonyl (C=O) groups is 1. The first kappa shape index (κ1) is 24.0. The molecule has 1 fully saturated rings. The molecule has 0 bridgehead atoms. The summed E-state index contributed by atoms with van der Waals surface area (Å²) in [5, 5.41) is 0. The first-order valence-electron chi connectivity index (χ1n) is 10.1. The highest BCUT2D eigenvalue weighted by Crippen LogP contribution is 2.24. The normalized spacial score (nSPS) is 15.2. The summed E-state index contributed by atoms with van der Waals surface area (Å²) in [6.45, 7) is 5.19. The first-order valence-corrected chi connectivity index (χ1v) is 11.4. The fourth-order valence-electron chi connectivity index (χ4n) is 3.65. The maximum Gasteiger partial charge on any atom is 0.226 e. The molecule has 1 aliphatic heterocycles. The van der Waals surface area contributed by atoms with Gasteiger partial charge < -0.3 is 18.9 Å². The standard InChI is InChI=1S/C22H28N2O.H2O4S/c1-2-22(25)24(20-11-7-4-8-12-20)21-14-17-23(18-15-21)16-13-19-9-5-3-6-10-19;1-5(2,3)4/h3-12,21H,2,13-18H2,1H3;(H2,1,2,3,4)/p-2. The van der Waals surface area contributed by atoms with Crippen molar-refractivity contribution in [3.63, 3.8) is 0 Å². The third kappa shape index (κ3) is 8.62. The van der Waals surface area contributed by atoms with Crippen molar-refractivity contribution in [3.05, 3.63) is 66.2 Å². The van der Waals surface area contributed by atoms with E-state index < -0.39 is 10.4 Å². The van der Waals surface area contributed by atoms with Gasteiger partial charge in [-0.15, -0.1) is 0 Å². The number of anilines is 1. The highest BCUT2D eigenvalue weighted by molar-refractivity contribution is 7.79. The lowest BCUT2D eigenvalue weighted by molar-refractivity contribution is -0.119. The minimum Gasteiger partial charge on any atom is -0.759 e. The van der Waals surface area contributed by atoms with Crippen LogP contribution < -0.4 is 4.90 Å². The molecule has 30 heavy (non-hydrogen) atoms. The quantitative estimate of drug-likeness (QED) is 0.514. The molecule has 0 atom stereocenters. The maximum atomic E-state index is 12.5. The largest absolute Gasteiger partial charge is 0.759 e. The molecular formula is C22H28N2O5S-2. The Bertz CT molecular complexity index is 859. The van der Waals surface area contributed by atoms with E-state index in [1.54, 1.807) is 0 Å². The molecular weight excluding hydrogens is 404 g/mol. The van der Waals surface area contributed by atoms with Crippen molar-refractivity contribution in [2.45, 2.75) is 38.6 Å². The molecule has 0 aliphatic carbocycles. The van der Waals surface area contributed by atoms with Crippen LogP contribution in [-0.4, -0.2) is 54.0 Å². The molecule has 1 saturated heterocycles. The van der Waals surface area contributed by atoms with E-state index in [-0.39, 0.29) is 5.91 Å². The number of para-hydroxylation sites is 1. The van der Waals surface area contributed by atoms with Gasteiger partial charge >= 0.3 is 0 Å². The Kier molecular flexibility index (Phi) is 9.45. The van der Waals surface area contributed by atoms with Crippen LogP contribution in [-0.2, 0) is 21.6 Å². The second-order valence-corrected chi connectivity index (χ2v) is 7.99. The summed E-state index contributed by atoms with van der Waals surface area (Å²) in [6, 6.07) is 21.1. The van der Waals surface area contributed by atoms with Crippen LogP contribution in [0.2, 0.25) is 0 Å². The van der Waals surface area contributed by atoms with E-state index in [9.17, 15) is 4.79 Å². The van der Waals surface area contributed by atoms with Gasteiger partial charge in [0.2, 0.25) is 5.91 Å². The van der Waals surface area contributed by atoms with Crippen molar-refractivity contribution in [2.24, 2.45) is 0 Å². The van der Waals surface area contributed by atoms with Crippen LogP contribution in [0.4, 0.5) is 5.69 Å². The van der Waals surface area contributed by atoms with E-state index in [1.165, 1.54) is 5.56 Å². The minimum absolute atomic E-state index is 0.230. The van der Waals surface area contributed by atoms with E-state index >= 15 is 0 Å². The van der Waals surface area contributed by atoms with Gasteiger partial charge in [0.05, 0.1) is 0 Å². The lowest BCUT2D eigenvalue weighted by Gasteiger charge is -2.38. The highest BCUT2D eigenvalue weighted by Gasteiger charge is 2.28. The van der Waals surface area contributed by atoms with E-state index in [0.717, 1.165) is 44.6 Å². The third-order valence-electron chi connectivity index (χ3n) is 5.09. The van der Waals surface area contributed by atoms with Gasteiger partial charge in [0.1, 0.15) is 0 Å². The average molecular weight is 433 g/mol. The number of benzene rings is 2. The Labute approximate surface area is 178 Å². The number of nitrogens with zero attached hydrogens (tertiary/aromatic N) is 2. The number of hydrogen-bond donors (Lipinski definition) is 0. The van der Waals surface area contributed by atoms with Gasteiger partial charge in [-0.3, -0.25) is 13.2 Å². The van der Waals surface area contributed by atoms with E-state index in [0.29, 0.717) is 12.5 Å². The first-order chi connectivity index (χ1) is 14.3. The highest BCUT2D eigenvalue weighted by atomic mass is 32.3. The van der Waals surface area contributed by atoms with Gasteiger partial charge in [-0.1, -0.05) is 55.5 Å². The van der Waals surface area contributed by atoms with Gasteiger partial charge in [0.15, 0.2) is 0 Å². The molecule has 2 aromatic rings. The summed E-state index contributed by atoms with van der Waals surface area (Å²) in [7, 11) is -5.17. The van der Waals surface area contributed by atoms with Crippen LogP contribution in [0.1, 0.15) is 31.7 Å². The van der Waals surface area contributed by atoms with Crippen LogP contribution in [0.3, 0.4) is 0 Å². The van der Waals surface area contributed by atoms with Crippen LogP contribution >= 0.6 is 0 Å². The number of carbonyl (C=O) groups excluding carboxylic acids is 1. The second kappa shape index (κ2) is 11.8. The molecule has 0 radical (unpaired) electrons. The summed E-state index contributed by atoms with van der Waals surface area (Å²) in [4.78, 5) is 17.1. The van der Waals surface area contributed by atoms with Crippen LogP contribution in [0.25, 0.3) is 0 Å². The molecule has 2 aromatic carbocycles. The molecule has 3 rings (SSSR count).